The quantitative estimate of drug-likeness (QED) is 0.801. The van der Waals surface area contributed by atoms with Gasteiger partial charge in [0, 0.05) is 25.2 Å². The normalized spacial score (nSPS) is 25.4. The smallest absolute Gasteiger partial charge is 0.261 e. The number of alkyl halides is 2. The second-order valence-corrected chi connectivity index (χ2v) is 8.14. The molecule has 28 heavy (non-hydrogen) atoms. The zero-order chi connectivity index (χ0) is 19.8. The van der Waals surface area contributed by atoms with Crippen LogP contribution in [-0.2, 0) is 17.9 Å². The monoisotopic (exact) mass is 389 g/mol. The van der Waals surface area contributed by atoms with Crippen LogP contribution in [0.4, 0.5) is 8.78 Å². The maximum atomic E-state index is 14.6. The Labute approximate surface area is 163 Å². The van der Waals surface area contributed by atoms with Gasteiger partial charge in [-0.3, -0.25) is 14.7 Å². The van der Waals surface area contributed by atoms with Crippen LogP contribution in [0.15, 0.2) is 41.0 Å². The Morgan fingerprint density at radius 3 is 2.79 bits per heavy atom. The molecule has 0 aromatic carbocycles. The van der Waals surface area contributed by atoms with E-state index in [2.05, 4.69) is 4.98 Å². The molecule has 0 saturated carbocycles. The van der Waals surface area contributed by atoms with Crippen LogP contribution in [0.25, 0.3) is 0 Å². The number of amides is 1. The molecule has 1 unspecified atom stereocenters. The predicted octanol–water partition coefficient (Wildman–Crippen LogP) is 3.63. The number of nitrogens with zero attached hydrogens (tertiary/aromatic N) is 3. The lowest BCUT2D eigenvalue weighted by Crippen LogP contribution is -2.60. The fourth-order valence-corrected chi connectivity index (χ4v) is 4.65. The summed E-state index contributed by atoms with van der Waals surface area (Å²) < 4.78 is 34.6. The number of carbonyl (C=O) groups excluding carboxylic acids is 1. The Balaban J connectivity index is 1.54. The third-order valence-electron chi connectivity index (χ3n) is 5.66. The van der Waals surface area contributed by atoms with Gasteiger partial charge in [0.05, 0.1) is 37.0 Å². The fourth-order valence-electron chi connectivity index (χ4n) is 4.65. The molecule has 2 aliphatic rings. The van der Waals surface area contributed by atoms with Crippen molar-refractivity contribution < 1.29 is 18.0 Å². The average Bonchev–Trinajstić information content (AvgIpc) is 3.11. The van der Waals surface area contributed by atoms with Crippen molar-refractivity contribution in [3.63, 3.8) is 0 Å². The molecule has 150 valence electrons. The minimum Gasteiger partial charge on any atom is -0.468 e. The van der Waals surface area contributed by atoms with Gasteiger partial charge in [-0.2, -0.15) is 0 Å². The summed E-state index contributed by atoms with van der Waals surface area (Å²) in [5.74, 6) is -2.44. The van der Waals surface area contributed by atoms with Crippen LogP contribution in [0.3, 0.4) is 0 Å². The lowest BCUT2D eigenvalue weighted by molar-refractivity contribution is -0.171. The van der Waals surface area contributed by atoms with Crippen molar-refractivity contribution in [2.45, 2.75) is 45.2 Å². The molecule has 0 radical (unpaired) electrons. The molecule has 0 bridgehead atoms. The maximum absolute atomic E-state index is 14.6. The number of carbonyl (C=O) groups is 1. The topological polar surface area (TPSA) is 49.6 Å². The number of aromatic nitrogens is 1. The van der Waals surface area contributed by atoms with Gasteiger partial charge in [0.15, 0.2) is 0 Å². The largest absolute Gasteiger partial charge is 0.468 e. The lowest BCUT2D eigenvalue weighted by atomic mass is 9.71. The van der Waals surface area contributed by atoms with Crippen molar-refractivity contribution in [1.29, 1.82) is 0 Å². The summed E-state index contributed by atoms with van der Waals surface area (Å²) in [7, 11) is 0. The van der Waals surface area contributed by atoms with E-state index in [0.29, 0.717) is 31.8 Å². The molecule has 4 heterocycles. The third kappa shape index (κ3) is 3.94. The van der Waals surface area contributed by atoms with Crippen molar-refractivity contribution >= 4 is 5.91 Å². The van der Waals surface area contributed by atoms with Gasteiger partial charge in [0.25, 0.3) is 5.92 Å². The summed E-state index contributed by atoms with van der Waals surface area (Å²) in [6, 6.07) is 9.20. The van der Waals surface area contributed by atoms with Crippen LogP contribution in [0.1, 0.15) is 36.4 Å². The van der Waals surface area contributed by atoms with Gasteiger partial charge < -0.3 is 9.32 Å². The van der Waals surface area contributed by atoms with Gasteiger partial charge in [0.1, 0.15) is 5.76 Å². The Morgan fingerprint density at radius 1 is 1.18 bits per heavy atom. The number of aryl methyl sites for hydroxylation is 1. The molecular weight excluding hydrogens is 364 g/mol. The molecule has 2 fully saturated rings. The van der Waals surface area contributed by atoms with Gasteiger partial charge in [0.2, 0.25) is 5.91 Å². The summed E-state index contributed by atoms with van der Waals surface area (Å²) >= 11 is 0. The highest BCUT2D eigenvalue weighted by Crippen LogP contribution is 2.45. The van der Waals surface area contributed by atoms with Crippen molar-refractivity contribution in [2.24, 2.45) is 5.41 Å². The van der Waals surface area contributed by atoms with Crippen molar-refractivity contribution in [3.05, 3.63) is 53.7 Å². The molecule has 5 nitrogen and oxygen atoms in total. The summed E-state index contributed by atoms with van der Waals surface area (Å²) in [6.07, 6.45) is 2.37. The maximum Gasteiger partial charge on any atom is 0.261 e. The number of piperidine rings is 2. The molecule has 2 aliphatic heterocycles. The van der Waals surface area contributed by atoms with Gasteiger partial charge in [-0.25, -0.2) is 8.78 Å². The molecule has 0 aliphatic carbocycles. The van der Waals surface area contributed by atoms with E-state index in [1.807, 2.05) is 25.1 Å². The van der Waals surface area contributed by atoms with E-state index >= 15 is 0 Å². The SMILES string of the molecule is Cc1cccc(CN2CCCC3(CN(Cc4ccco4)CC(F)(F)C3)C2=O)n1. The van der Waals surface area contributed by atoms with E-state index in [-0.39, 0.29) is 25.4 Å². The van der Waals surface area contributed by atoms with E-state index in [1.165, 1.54) is 6.26 Å². The van der Waals surface area contributed by atoms with E-state index in [4.69, 9.17) is 4.42 Å². The number of halogens is 2. The Hall–Kier alpha value is -2.28. The van der Waals surface area contributed by atoms with Crippen LogP contribution >= 0.6 is 0 Å². The molecule has 7 heteroatoms. The first-order chi connectivity index (χ1) is 13.4. The van der Waals surface area contributed by atoms with E-state index in [0.717, 1.165) is 17.8 Å². The highest BCUT2D eigenvalue weighted by Gasteiger charge is 2.55. The molecule has 2 aromatic rings. The third-order valence-corrected chi connectivity index (χ3v) is 5.66. The summed E-state index contributed by atoms with van der Waals surface area (Å²) in [6.45, 7) is 3.13. The van der Waals surface area contributed by atoms with Crippen molar-refractivity contribution in [1.82, 2.24) is 14.8 Å². The highest BCUT2D eigenvalue weighted by molar-refractivity contribution is 5.84. The molecule has 4 rings (SSSR count). The summed E-state index contributed by atoms with van der Waals surface area (Å²) in [5.41, 5.74) is 0.627. The number of hydrogen-bond donors (Lipinski definition) is 0. The Bertz CT molecular complexity index is 840. The fraction of sp³-hybridized carbons (Fsp3) is 0.524. The molecule has 1 atom stereocenters. The predicted molar refractivity (Wildman–Crippen MR) is 99.6 cm³/mol. The first kappa shape index (κ1) is 19.1. The number of likely N-dealkylation sites (tertiary alicyclic amines) is 2. The van der Waals surface area contributed by atoms with Crippen LogP contribution in [-0.4, -0.2) is 46.2 Å². The van der Waals surface area contributed by atoms with Crippen molar-refractivity contribution in [2.75, 3.05) is 19.6 Å². The summed E-state index contributed by atoms with van der Waals surface area (Å²) in [5, 5.41) is 0. The molecule has 0 N–H and O–H groups in total. The first-order valence-electron chi connectivity index (χ1n) is 9.70. The van der Waals surface area contributed by atoms with E-state index < -0.39 is 11.3 Å². The molecule has 2 saturated heterocycles. The molecular formula is C21H25F2N3O2. The van der Waals surface area contributed by atoms with Crippen LogP contribution in [0.5, 0.6) is 0 Å². The number of furan rings is 1. The minimum atomic E-state index is -2.90. The van der Waals surface area contributed by atoms with Crippen LogP contribution in [0.2, 0.25) is 0 Å². The van der Waals surface area contributed by atoms with Gasteiger partial charge >= 0.3 is 0 Å². The number of rotatable bonds is 4. The second kappa shape index (κ2) is 7.28. The van der Waals surface area contributed by atoms with E-state index in [9.17, 15) is 13.6 Å². The highest BCUT2D eigenvalue weighted by atomic mass is 19.3. The number of pyridine rings is 1. The Kier molecular flexibility index (Phi) is 4.95. The van der Waals surface area contributed by atoms with Gasteiger partial charge in [-0.15, -0.1) is 0 Å². The molecule has 1 amide bonds. The molecule has 2 aromatic heterocycles. The number of hydrogen-bond acceptors (Lipinski definition) is 4. The van der Waals surface area contributed by atoms with Crippen LogP contribution in [0, 0.1) is 12.3 Å². The first-order valence-corrected chi connectivity index (χ1v) is 9.70. The zero-order valence-electron chi connectivity index (χ0n) is 16.0. The Morgan fingerprint density at radius 2 is 2.04 bits per heavy atom. The van der Waals surface area contributed by atoms with Gasteiger partial charge in [-0.05, 0) is 44.0 Å². The van der Waals surface area contributed by atoms with Crippen LogP contribution < -0.4 is 0 Å². The van der Waals surface area contributed by atoms with Gasteiger partial charge in [-0.1, -0.05) is 6.07 Å². The summed E-state index contributed by atoms with van der Waals surface area (Å²) in [4.78, 5) is 21.2. The lowest BCUT2D eigenvalue weighted by Gasteiger charge is -2.49. The zero-order valence-corrected chi connectivity index (χ0v) is 16.0. The standard InChI is InChI=1S/C21H25F2N3O2/c1-16-5-2-6-17(24-16)11-26-9-4-8-20(19(26)27)13-21(22,23)15-25(14-20)12-18-7-3-10-28-18/h2-3,5-7,10H,4,8-9,11-15H2,1H3. The average molecular weight is 389 g/mol. The van der Waals surface area contributed by atoms with Crippen molar-refractivity contribution in [3.8, 4) is 0 Å². The minimum absolute atomic E-state index is 0.175. The van der Waals surface area contributed by atoms with E-state index in [1.54, 1.807) is 21.9 Å². The molecule has 1 spiro atoms. The second-order valence-electron chi connectivity index (χ2n) is 8.14.